The van der Waals surface area contributed by atoms with Crippen molar-refractivity contribution in [3.05, 3.63) is 28.8 Å². The van der Waals surface area contributed by atoms with E-state index >= 15 is 0 Å². The number of carbonyl (C=O) groups excluding carboxylic acids is 2. The first-order chi connectivity index (χ1) is 11.0. The minimum absolute atomic E-state index is 0.0217. The number of hydrogen-bond donors (Lipinski definition) is 2. The van der Waals surface area contributed by atoms with Gasteiger partial charge >= 0.3 is 6.03 Å². The molecule has 0 spiro atoms. The average Bonchev–Trinajstić information content (AvgIpc) is 2.66. The second-order valence-electron chi connectivity index (χ2n) is 5.96. The van der Waals surface area contributed by atoms with Crippen LogP contribution in [0.25, 0.3) is 0 Å². The van der Waals surface area contributed by atoms with Crippen molar-refractivity contribution in [2.24, 2.45) is 0 Å². The van der Waals surface area contributed by atoms with Gasteiger partial charge in [0, 0.05) is 36.3 Å². The second-order valence-corrected chi connectivity index (χ2v) is 6.40. The molecule has 1 fully saturated rings. The quantitative estimate of drug-likeness (QED) is 0.882. The van der Waals surface area contributed by atoms with Gasteiger partial charge in [-0.05, 0) is 49.9 Å². The lowest BCUT2D eigenvalue weighted by atomic mass is 10.1. The number of halogens is 1. The lowest BCUT2D eigenvalue weighted by molar-refractivity contribution is -0.130. The Balaban J connectivity index is 1.89. The summed E-state index contributed by atoms with van der Waals surface area (Å²) >= 11 is 5.92. The molecule has 5 nitrogen and oxygen atoms in total. The molecule has 1 atom stereocenters. The largest absolute Gasteiger partial charge is 0.343 e. The molecule has 0 bridgehead atoms. The Bertz CT molecular complexity index is 577. The summed E-state index contributed by atoms with van der Waals surface area (Å²) in [4.78, 5) is 26.0. The van der Waals surface area contributed by atoms with E-state index in [4.69, 9.17) is 11.6 Å². The van der Waals surface area contributed by atoms with Crippen LogP contribution in [-0.4, -0.2) is 36.0 Å². The second kappa shape index (κ2) is 8.20. The third-order valence-electron chi connectivity index (χ3n) is 4.07. The zero-order valence-corrected chi connectivity index (χ0v) is 14.4. The summed E-state index contributed by atoms with van der Waals surface area (Å²) in [7, 11) is 0. The Hall–Kier alpha value is -1.75. The van der Waals surface area contributed by atoms with E-state index in [2.05, 4.69) is 17.6 Å². The molecule has 1 aromatic rings. The Morgan fingerprint density at radius 2 is 2.17 bits per heavy atom. The van der Waals surface area contributed by atoms with E-state index in [0.717, 1.165) is 30.6 Å². The first-order valence-electron chi connectivity index (χ1n) is 8.11. The monoisotopic (exact) mass is 337 g/mol. The van der Waals surface area contributed by atoms with Gasteiger partial charge in [-0.3, -0.25) is 4.79 Å². The molecule has 126 valence electrons. The molecule has 23 heavy (non-hydrogen) atoms. The highest BCUT2D eigenvalue weighted by Crippen LogP contribution is 2.19. The zero-order valence-electron chi connectivity index (χ0n) is 13.7. The molecule has 1 unspecified atom stereocenters. The van der Waals surface area contributed by atoms with Crippen molar-refractivity contribution < 1.29 is 9.59 Å². The fourth-order valence-electron chi connectivity index (χ4n) is 2.80. The van der Waals surface area contributed by atoms with Gasteiger partial charge in [0.25, 0.3) is 0 Å². The highest BCUT2D eigenvalue weighted by atomic mass is 35.5. The summed E-state index contributed by atoms with van der Waals surface area (Å²) in [5.74, 6) is 0.185. The van der Waals surface area contributed by atoms with Crippen LogP contribution in [-0.2, 0) is 4.79 Å². The van der Waals surface area contributed by atoms with Crippen LogP contribution in [0.4, 0.5) is 10.5 Å². The van der Waals surface area contributed by atoms with Crippen LogP contribution in [0.15, 0.2) is 18.2 Å². The molecule has 2 N–H and O–H groups in total. The van der Waals surface area contributed by atoms with E-state index in [9.17, 15) is 9.59 Å². The van der Waals surface area contributed by atoms with Crippen LogP contribution in [0, 0.1) is 6.92 Å². The fourth-order valence-corrected chi connectivity index (χ4v) is 3.03. The van der Waals surface area contributed by atoms with Crippen molar-refractivity contribution in [3.8, 4) is 0 Å². The lowest BCUT2D eigenvalue weighted by Crippen LogP contribution is -2.38. The molecule has 6 heteroatoms. The molecule has 1 aliphatic heterocycles. The van der Waals surface area contributed by atoms with E-state index in [0.29, 0.717) is 24.4 Å². The number of anilines is 1. The molecular weight excluding hydrogens is 314 g/mol. The summed E-state index contributed by atoms with van der Waals surface area (Å²) in [5.41, 5.74) is 1.65. The molecule has 1 aromatic carbocycles. The smallest absolute Gasteiger partial charge is 0.319 e. The average molecular weight is 338 g/mol. The first-order valence-corrected chi connectivity index (χ1v) is 8.49. The van der Waals surface area contributed by atoms with Crippen molar-refractivity contribution in [1.29, 1.82) is 0 Å². The predicted molar refractivity (Wildman–Crippen MR) is 92.9 cm³/mol. The molecule has 2 rings (SSSR count). The van der Waals surface area contributed by atoms with Gasteiger partial charge < -0.3 is 15.5 Å². The lowest BCUT2D eigenvalue weighted by Gasteiger charge is -2.20. The van der Waals surface area contributed by atoms with Crippen molar-refractivity contribution in [1.82, 2.24) is 10.2 Å². The third-order valence-corrected chi connectivity index (χ3v) is 4.31. The standard InChI is InChI=1S/C17H24ClN3O2/c1-3-9-21-10-8-14(5-7-16(21)22)19-17(23)20-15-6-4-13(18)11-12(15)2/h4,6,11,14H,3,5,7-10H2,1-2H3,(H2,19,20,23). The van der Waals surface area contributed by atoms with Gasteiger partial charge in [0.15, 0.2) is 0 Å². The van der Waals surface area contributed by atoms with Crippen LogP contribution in [0.3, 0.4) is 0 Å². The molecule has 1 aliphatic rings. The number of nitrogens with one attached hydrogen (secondary N) is 2. The maximum absolute atomic E-state index is 12.2. The molecule has 0 aliphatic carbocycles. The number of rotatable bonds is 4. The highest BCUT2D eigenvalue weighted by Gasteiger charge is 2.23. The summed E-state index contributed by atoms with van der Waals surface area (Å²) < 4.78 is 0. The normalized spacial score (nSPS) is 18.5. The minimum atomic E-state index is -0.239. The van der Waals surface area contributed by atoms with Gasteiger partial charge in [0.2, 0.25) is 5.91 Å². The van der Waals surface area contributed by atoms with Crippen LogP contribution < -0.4 is 10.6 Å². The molecule has 1 saturated heterocycles. The van der Waals surface area contributed by atoms with E-state index < -0.39 is 0 Å². The summed E-state index contributed by atoms with van der Waals surface area (Å²) in [5, 5.41) is 6.46. The van der Waals surface area contributed by atoms with E-state index in [1.165, 1.54) is 0 Å². The van der Waals surface area contributed by atoms with Gasteiger partial charge in [-0.15, -0.1) is 0 Å². The van der Waals surface area contributed by atoms with Crippen molar-refractivity contribution in [2.45, 2.75) is 45.6 Å². The number of hydrogen-bond acceptors (Lipinski definition) is 2. The molecular formula is C17H24ClN3O2. The molecule has 3 amide bonds. The predicted octanol–water partition coefficient (Wildman–Crippen LogP) is 3.56. The van der Waals surface area contributed by atoms with E-state index in [1.54, 1.807) is 12.1 Å². The third kappa shape index (κ3) is 5.13. The van der Waals surface area contributed by atoms with Gasteiger partial charge in [-0.25, -0.2) is 4.79 Å². The first kappa shape index (κ1) is 17.6. The highest BCUT2D eigenvalue weighted by molar-refractivity contribution is 6.30. The van der Waals surface area contributed by atoms with Gasteiger partial charge in [-0.2, -0.15) is 0 Å². The van der Waals surface area contributed by atoms with Gasteiger partial charge in [0.05, 0.1) is 0 Å². The maximum atomic E-state index is 12.2. The van der Waals surface area contributed by atoms with Crippen molar-refractivity contribution in [3.63, 3.8) is 0 Å². The Labute approximate surface area is 142 Å². The number of urea groups is 1. The molecule has 0 aromatic heterocycles. The van der Waals surface area contributed by atoms with Crippen LogP contribution >= 0.6 is 11.6 Å². The number of likely N-dealkylation sites (tertiary alicyclic amines) is 1. The molecule has 1 heterocycles. The van der Waals surface area contributed by atoms with Gasteiger partial charge in [0.1, 0.15) is 0 Å². The summed E-state index contributed by atoms with van der Waals surface area (Å²) in [6.45, 7) is 5.46. The van der Waals surface area contributed by atoms with Crippen LogP contribution in [0.5, 0.6) is 0 Å². The topological polar surface area (TPSA) is 61.4 Å². The number of nitrogens with zero attached hydrogens (tertiary/aromatic N) is 1. The Kier molecular flexibility index (Phi) is 6.28. The Morgan fingerprint density at radius 1 is 1.39 bits per heavy atom. The van der Waals surface area contributed by atoms with E-state index in [-0.39, 0.29) is 18.0 Å². The summed E-state index contributed by atoms with van der Waals surface area (Å²) in [6, 6.07) is 5.13. The SMILES string of the molecule is CCCN1CCC(NC(=O)Nc2ccc(Cl)cc2C)CCC1=O. The van der Waals surface area contributed by atoms with Crippen molar-refractivity contribution in [2.75, 3.05) is 18.4 Å². The minimum Gasteiger partial charge on any atom is -0.343 e. The number of amides is 3. The maximum Gasteiger partial charge on any atom is 0.319 e. The fraction of sp³-hybridized carbons (Fsp3) is 0.529. The molecule has 0 radical (unpaired) electrons. The van der Waals surface area contributed by atoms with E-state index in [1.807, 2.05) is 17.9 Å². The van der Waals surface area contributed by atoms with Crippen LogP contribution in [0.2, 0.25) is 5.02 Å². The van der Waals surface area contributed by atoms with Crippen LogP contribution in [0.1, 0.15) is 38.2 Å². The van der Waals surface area contributed by atoms with Gasteiger partial charge in [-0.1, -0.05) is 18.5 Å². The number of benzene rings is 1. The Morgan fingerprint density at radius 3 is 2.87 bits per heavy atom. The summed E-state index contributed by atoms with van der Waals surface area (Å²) in [6.07, 6.45) is 2.93. The number of aryl methyl sites for hydroxylation is 1. The number of carbonyl (C=O) groups is 2. The zero-order chi connectivity index (χ0) is 16.8. The molecule has 0 saturated carbocycles. The van der Waals surface area contributed by atoms with Crippen molar-refractivity contribution >= 4 is 29.2 Å².